The summed E-state index contributed by atoms with van der Waals surface area (Å²) in [4.78, 5) is 0. The standard InChI is InChI=1S/C13H10IN3/c14-10-2-1-3-11(7-10)17-13-5-4-9(8-15)6-12(13)16/h1-7,17H,16H2. The van der Waals surface area contributed by atoms with Crippen molar-refractivity contribution < 1.29 is 0 Å². The highest BCUT2D eigenvalue weighted by atomic mass is 127. The number of rotatable bonds is 2. The molecule has 0 aliphatic heterocycles. The minimum Gasteiger partial charge on any atom is -0.397 e. The molecule has 0 aliphatic carbocycles. The molecular weight excluding hydrogens is 325 g/mol. The molecule has 0 unspecified atom stereocenters. The van der Waals surface area contributed by atoms with Gasteiger partial charge in [0.25, 0.3) is 0 Å². The lowest BCUT2D eigenvalue weighted by Crippen LogP contribution is -1.96. The minimum absolute atomic E-state index is 0.565. The van der Waals surface area contributed by atoms with Crippen LogP contribution in [0, 0.1) is 14.9 Å². The zero-order valence-corrected chi connectivity index (χ0v) is 11.1. The lowest BCUT2D eigenvalue weighted by molar-refractivity contribution is 1.47. The van der Waals surface area contributed by atoms with Gasteiger partial charge in [0, 0.05) is 9.26 Å². The molecule has 0 spiro atoms. The van der Waals surface area contributed by atoms with Crippen LogP contribution in [0.4, 0.5) is 17.1 Å². The quantitative estimate of drug-likeness (QED) is 0.652. The Balaban J connectivity index is 2.28. The average molecular weight is 335 g/mol. The van der Waals surface area contributed by atoms with Crippen LogP contribution in [-0.2, 0) is 0 Å². The molecule has 17 heavy (non-hydrogen) atoms. The first-order valence-corrected chi connectivity index (χ1v) is 6.09. The molecule has 2 aromatic rings. The van der Waals surface area contributed by atoms with Crippen LogP contribution in [0.1, 0.15) is 5.56 Å². The number of hydrogen-bond donors (Lipinski definition) is 2. The van der Waals surface area contributed by atoms with E-state index >= 15 is 0 Å². The maximum atomic E-state index is 8.75. The predicted octanol–water partition coefficient (Wildman–Crippen LogP) is 3.49. The Morgan fingerprint density at radius 3 is 2.65 bits per heavy atom. The summed E-state index contributed by atoms with van der Waals surface area (Å²) in [6.45, 7) is 0. The number of hydrogen-bond acceptors (Lipinski definition) is 3. The van der Waals surface area contributed by atoms with Gasteiger partial charge in [0.2, 0.25) is 0 Å². The maximum Gasteiger partial charge on any atom is 0.0992 e. The van der Waals surface area contributed by atoms with E-state index in [1.807, 2.05) is 30.3 Å². The fraction of sp³-hybridized carbons (Fsp3) is 0. The molecule has 0 atom stereocenters. The van der Waals surface area contributed by atoms with E-state index in [2.05, 4.69) is 34.0 Å². The molecule has 3 nitrogen and oxygen atoms in total. The number of nitrogens with two attached hydrogens (primary N) is 1. The fourth-order valence-electron chi connectivity index (χ4n) is 1.47. The van der Waals surface area contributed by atoms with Crippen molar-refractivity contribution in [3.63, 3.8) is 0 Å². The van der Waals surface area contributed by atoms with Gasteiger partial charge in [-0.3, -0.25) is 0 Å². The van der Waals surface area contributed by atoms with Gasteiger partial charge in [-0.25, -0.2) is 0 Å². The SMILES string of the molecule is N#Cc1ccc(Nc2cccc(I)c2)c(N)c1. The molecule has 0 heterocycles. The lowest BCUT2D eigenvalue weighted by Gasteiger charge is -2.09. The first kappa shape index (κ1) is 11.7. The zero-order valence-electron chi connectivity index (χ0n) is 8.94. The summed E-state index contributed by atoms with van der Waals surface area (Å²) in [7, 11) is 0. The number of benzene rings is 2. The normalized spacial score (nSPS) is 9.65. The van der Waals surface area contributed by atoms with Crippen molar-refractivity contribution in [1.82, 2.24) is 0 Å². The van der Waals surface area contributed by atoms with Gasteiger partial charge >= 0.3 is 0 Å². The van der Waals surface area contributed by atoms with Crippen LogP contribution in [-0.4, -0.2) is 0 Å². The van der Waals surface area contributed by atoms with Gasteiger partial charge in [-0.15, -0.1) is 0 Å². The first-order valence-electron chi connectivity index (χ1n) is 5.01. The van der Waals surface area contributed by atoms with E-state index in [0.717, 1.165) is 14.9 Å². The van der Waals surface area contributed by atoms with Crippen molar-refractivity contribution >= 4 is 39.7 Å². The third-order valence-corrected chi connectivity index (χ3v) is 2.96. The Morgan fingerprint density at radius 2 is 2.00 bits per heavy atom. The van der Waals surface area contributed by atoms with Gasteiger partial charge in [0.05, 0.1) is 23.0 Å². The van der Waals surface area contributed by atoms with Gasteiger partial charge in [0.15, 0.2) is 0 Å². The molecular formula is C13H10IN3. The van der Waals surface area contributed by atoms with Crippen LogP contribution in [0.2, 0.25) is 0 Å². The van der Waals surface area contributed by atoms with E-state index in [1.54, 1.807) is 12.1 Å². The Kier molecular flexibility index (Phi) is 3.49. The topological polar surface area (TPSA) is 61.8 Å². The van der Waals surface area contributed by atoms with Crippen molar-refractivity contribution in [2.75, 3.05) is 11.1 Å². The van der Waals surface area contributed by atoms with E-state index in [9.17, 15) is 0 Å². The van der Waals surface area contributed by atoms with Gasteiger partial charge in [0.1, 0.15) is 0 Å². The Hall–Kier alpha value is -1.74. The van der Waals surface area contributed by atoms with Crippen LogP contribution in [0.25, 0.3) is 0 Å². The number of nitriles is 1. The van der Waals surface area contributed by atoms with Crippen molar-refractivity contribution in [3.05, 3.63) is 51.6 Å². The summed E-state index contributed by atoms with van der Waals surface area (Å²) in [5.41, 5.74) is 8.80. The second-order valence-electron chi connectivity index (χ2n) is 3.55. The lowest BCUT2D eigenvalue weighted by atomic mass is 10.2. The van der Waals surface area contributed by atoms with Crippen molar-refractivity contribution in [2.24, 2.45) is 0 Å². The molecule has 0 saturated heterocycles. The summed E-state index contributed by atoms with van der Waals surface area (Å²) in [6.07, 6.45) is 0. The van der Waals surface area contributed by atoms with Crippen molar-refractivity contribution in [2.45, 2.75) is 0 Å². The summed E-state index contributed by atoms with van der Waals surface area (Å²) < 4.78 is 1.15. The molecule has 0 aliphatic rings. The largest absolute Gasteiger partial charge is 0.397 e. The van der Waals surface area contributed by atoms with Gasteiger partial charge in [-0.05, 0) is 59.0 Å². The minimum atomic E-state index is 0.565. The summed E-state index contributed by atoms with van der Waals surface area (Å²) in [5.74, 6) is 0. The van der Waals surface area contributed by atoms with Crippen molar-refractivity contribution in [1.29, 1.82) is 5.26 Å². The predicted molar refractivity (Wildman–Crippen MR) is 78.0 cm³/mol. The van der Waals surface area contributed by atoms with Gasteiger partial charge < -0.3 is 11.1 Å². The highest BCUT2D eigenvalue weighted by molar-refractivity contribution is 14.1. The highest BCUT2D eigenvalue weighted by Gasteiger charge is 2.01. The second kappa shape index (κ2) is 5.06. The Labute approximate surface area is 113 Å². The summed E-state index contributed by atoms with van der Waals surface area (Å²) in [5, 5.41) is 12.0. The van der Waals surface area contributed by atoms with E-state index in [4.69, 9.17) is 11.0 Å². The molecule has 3 N–H and O–H groups in total. The van der Waals surface area contributed by atoms with E-state index in [1.165, 1.54) is 0 Å². The first-order chi connectivity index (χ1) is 8.19. The number of nitrogens with zero attached hydrogens (tertiary/aromatic N) is 1. The van der Waals surface area contributed by atoms with E-state index in [-0.39, 0.29) is 0 Å². The molecule has 0 bridgehead atoms. The Bertz CT molecular complexity index is 587. The van der Waals surface area contributed by atoms with Crippen LogP contribution < -0.4 is 11.1 Å². The van der Waals surface area contributed by atoms with Crippen LogP contribution >= 0.6 is 22.6 Å². The molecule has 4 heteroatoms. The number of halogens is 1. The molecule has 2 rings (SSSR count). The second-order valence-corrected chi connectivity index (χ2v) is 4.79. The molecule has 0 fully saturated rings. The summed E-state index contributed by atoms with van der Waals surface area (Å²) >= 11 is 2.25. The molecule has 2 aromatic carbocycles. The number of nitrogen functional groups attached to an aromatic ring is 1. The number of nitrogens with one attached hydrogen (secondary N) is 1. The molecule has 84 valence electrons. The molecule has 0 aromatic heterocycles. The monoisotopic (exact) mass is 335 g/mol. The van der Waals surface area contributed by atoms with Crippen LogP contribution in [0.15, 0.2) is 42.5 Å². The van der Waals surface area contributed by atoms with Crippen molar-refractivity contribution in [3.8, 4) is 6.07 Å². The fourth-order valence-corrected chi connectivity index (χ4v) is 2.01. The average Bonchev–Trinajstić information content (AvgIpc) is 2.32. The van der Waals surface area contributed by atoms with Gasteiger partial charge in [-0.1, -0.05) is 6.07 Å². The number of anilines is 3. The molecule has 0 amide bonds. The highest BCUT2D eigenvalue weighted by Crippen LogP contribution is 2.24. The van der Waals surface area contributed by atoms with E-state index < -0.39 is 0 Å². The third-order valence-electron chi connectivity index (χ3n) is 2.28. The Morgan fingerprint density at radius 1 is 1.18 bits per heavy atom. The summed E-state index contributed by atoms with van der Waals surface area (Å²) in [6, 6.07) is 15.3. The molecule has 0 radical (unpaired) electrons. The maximum absolute atomic E-state index is 8.75. The molecule has 0 saturated carbocycles. The van der Waals surface area contributed by atoms with Crippen LogP contribution in [0.5, 0.6) is 0 Å². The third kappa shape index (κ3) is 2.88. The smallest absolute Gasteiger partial charge is 0.0992 e. The zero-order chi connectivity index (χ0) is 12.3. The van der Waals surface area contributed by atoms with Crippen LogP contribution in [0.3, 0.4) is 0 Å². The van der Waals surface area contributed by atoms with Gasteiger partial charge in [-0.2, -0.15) is 5.26 Å². The van der Waals surface area contributed by atoms with E-state index in [0.29, 0.717) is 11.3 Å².